The topological polar surface area (TPSA) is 39.7 Å². The number of nitrogens with zero attached hydrogens (tertiary/aromatic N) is 2. The molecule has 4 nitrogen and oxygen atoms in total. The Kier molecular flexibility index (Phi) is 7.87. The Morgan fingerprint density at radius 3 is 2.53 bits per heavy atom. The van der Waals surface area contributed by atoms with Crippen molar-refractivity contribution in [3.63, 3.8) is 0 Å². The first-order valence-electron chi connectivity index (χ1n) is 7.81. The Hall–Kier alpha value is -0.770. The highest BCUT2D eigenvalue weighted by molar-refractivity contribution is 5.79. The fourth-order valence-electron chi connectivity index (χ4n) is 2.41. The van der Waals surface area contributed by atoms with E-state index < -0.39 is 0 Å². The van der Waals surface area contributed by atoms with Crippen molar-refractivity contribution < 1.29 is 0 Å². The highest BCUT2D eigenvalue weighted by atomic mass is 15.2. The van der Waals surface area contributed by atoms with Gasteiger partial charge in [0.2, 0.25) is 0 Å². The smallest absolute Gasteiger partial charge is 0.191 e. The largest absolute Gasteiger partial charge is 0.356 e. The fraction of sp³-hybridized carbons (Fsp3) is 0.933. The molecule has 1 saturated carbocycles. The van der Waals surface area contributed by atoms with Gasteiger partial charge in [0.05, 0.1) is 0 Å². The number of guanidine groups is 1. The van der Waals surface area contributed by atoms with E-state index in [0.717, 1.165) is 12.5 Å². The van der Waals surface area contributed by atoms with Gasteiger partial charge in [0.15, 0.2) is 5.96 Å². The monoisotopic (exact) mass is 268 g/mol. The standard InChI is InChI=1S/C15H32N4/c1-13(2)19(4)12-8-7-11-17-15(16-3)18-14-9-5-6-10-14/h13-14H,5-12H2,1-4H3,(H2,16,17,18). The van der Waals surface area contributed by atoms with Gasteiger partial charge in [-0.2, -0.15) is 0 Å². The third kappa shape index (κ3) is 6.81. The molecule has 0 aliphatic heterocycles. The van der Waals surface area contributed by atoms with Gasteiger partial charge in [-0.25, -0.2) is 0 Å². The molecular weight excluding hydrogens is 236 g/mol. The van der Waals surface area contributed by atoms with E-state index in [1.54, 1.807) is 0 Å². The van der Waals surface area contributed by atoms with E-state index in [4.69, 9.17) is 0 Å². The van der Waals surface area contributed by atoms with Crippen molar-refractivity contribution in [1.29, 1.82) is 0 Å². The highest BCUT2D eigenvalue weighted by Gasteiger charge is 2.15. The number of hydrogen-bond donors (Lipinski definition) is 2. The summed E-state index contributed by atoms with van der Waals surface area (Å²) in [5, 5.41) is 6.93. The van der Waals surface area contributed by atoms with Gasteiger partial charge in [0.25, 0.3) is 0 Å². The summed E-state index contributed by atoms with van der Waals surface area (Å²) in [6.45, 7) is 6.67. The zero-order chi connectivity index (χ0) is 14.1. The summed E-state index contributed by atoms with van der Waals surface area (Å²) in [6, 6.07) is 1.28. The van der Waals surface area contributed by atoms with Gasteiger partial charge in [-0.05, 0) is 53.1 Å². The molecule has 1 aliphatic carbocycles. The van der Waals surface area contributed by atoms with Crippen LogP contribution in [0.5, 0.6) is 0 Å². The summed E-state index contributed by atoms with van der Waals surface area (Å²) in [5.74, 6) is 0.976. The minimum atomic E-state index is 0.637. The van der Waals surface area contributed by atoms with Crippen LogP contribution in [0.4, 0.5) is 0 Å². The van der Waals surface area contributed by atoms with Crippen molar-refractivity contribution in [3.8, 4) is 0 Å². The van der Waals surface area contributed by atoms with E-state index >= 15 is 0 Å². The zero-order valence-corrected chi connectivity index (χ0v) is 13.2. The van der Waals surface area contributed by atoms with Gasteiger partial charge >= 0.3 is 0 Å². The van der Waals surface area contributed by atoms with Gasteiger partial charge < -0.3 is 15.5 Å². The summed E-state index contributed by atoms with van der Waals surface area (Å²) in [7, 11) is 4.05. The van der Waals surface area contributed by atoms with E-state index in [2.05, 4.69) is 41.4 Å². The van der Waals surface area contributed by atoms with Crippen LogP contribution in [0.1, 0.15) is 52.4 Å². The minimum Gasteiger partial charge on any atom is -0.356 e. The highest BCUT2D eigenvalue weighted by Crippen LogP contribution is 2.17. The Morgan fingerprint density at radius 1 is 1.26 bits per heavy atom. The number of unbranched alkanes of at least 4 members (excludes halogenated alkanes) is 1. The molecule has 0 saturated heterocycles. The lowest BCUT2D eigenvalue weighted by Crippen LogP contribution is -2.42. The molecule has 2 N–H and O–H groups in total. The minimum absolute atomic E-state index is 0.637. The predicted molar refractivity (Wildman–Crippen MR) is 83.8 cm³/mol. The number of rotatable bonds is 7. The van der Waals surface area contributed by atoms with E-state index in [1.807, 2.05) is 7.05 Å². The average molecular weight is 268 g/mol. The lowest BCUT2D eigenvalue weighted by atomic mass is 10.2. The van der Waals surface area contributed by atoms with Crippen LogP contribution in [0.15, 0.2) is 4.99 Å². The lowest BCUT2D eigenvalue weighted by Gasteiger charge is -2.21. The molecule has 1 rings (SSSR count). The van der Waals surface area contributed by atoms with E-state index in [9.17, 15) is 0 Å². The third-order valence-corrected chi connectivity index (χ3v) is 4.03. The molecule has 0 bridgehead atoms. The van der Waals surface area contributed by atoms with E-state index in [-0.39, 0.29) is 0 Å². The maximum Gasteiger partial charge on any atom is 0.191 e. The van der Waals surface area contributed by atoms with Crippen molar-refractivity contribution in [3.05, 3.63) is 0 Å². The Morgan fingerprint density at radius 2 is 1.95 bits per heavy atom. The van der Waals surface area contributed by atoms with Crippen LogP contribution >= 0.6 is 0 Å². The van der Waals surface area contributed by atoms with Crippen molar-refractivity contribution in [2.24, 2.45) is 4.99 Å². The number of nitrogens with one attached hydrogen (secondary N) is 2. The summed E-state index contributed by atoms with van der Waals surface area (Å²) >= 11 is 0. The molecule has 0 radical (unpaired) electrons. The van der Waals surface area contributed by atoms with Crippen LogP contribution in [-0.4, -0.2) is 50.1 Å². The van der Waals surface area contributed by atoms with E-state index in [0.29, 0.717) is 12.1 Å². The molecular formula is C15H32N4. The summed E-state index contributed by atoms with van der Waals surface area (Å²) in [6.07, 6.45) is 7.73. The number of aliphatic imine (C=N–C) groups is 1. The van der Waals surface area contributed by atoms with Crippen LogP contribution in [-0.2, 0) is 0 Å². The molecule has 4 heteroatoms. The molecule has 0 atom stereocenters. The SMILES string of the molecule is CN=C(NCCCCN(C)C(C)C)NC1CCCC1. The van der Waals surface area contributed by atoms with E-state index in [1.165, 1.54) is 45.1 Å². The molecule has 0 heterocycles. The van der Waals surface area contributed by atoms with Crippen molar-refractivity contribution >= 4 is 5.96 Å². The quantitative estimate of drug-likeness (QED) is 0.422. The Balaban J connectivity index is 2.06. The van der Waals surface area contributed by atoms with Crippen LogP contribution in [0.25, 0.3) is 0 Å². The van der Waals surface area contributed by atoms with Crippen molar-refractivity contribution in [2.75, 3.05) is 27.2 Å². The first kappa shape index (κ1) is 16.3. The van der Waals surface area contributed by atoms with Crippen LogP contribution in [0, 0.1) is 0 Å². The Labute approximate surface area is 119 Å². The van der Waals surface area contributed by atoms with Crippen molar-refractivity contribution in [2.45, 2.75) is 64.5 Å². The molecule has 1 fully saturated rings. The molecule has 0 aromatic rings. The average Bonchev–Trinajstić information content (AvgIpc) is 2.89. The summed E-state index contributed by atoms with van der Waals surface area (Å²) < 4.78 is 0. The maximum absolute atomic E-state index is 4.30. The van der Waals surface area contributed by atoms with Crippen LogP contribution in [0.2, 0.25) is 0 Å². The van der Waals surface area contributed by atoms with Crippen LogP contribution < -0.4 is 10.6 Å². The molecule has 0 spiro atoms. The van der Waals surface area contributed by atoms with Gasteiger partial charge in [-0.1, -0.05) is 12.8 Å². The molecule has 19 heavy (non-hydrogen) atoms. The second kappa shape index (κ2) is 9.18. The molecule has 0 aromatic carbocycles. The van der Waals surface area contributed by atoms with Crippen molar-refractivity contribution in [1.82, 2.24) is 15.5 Å². The molecule has 0 amide bonds. The lowest BCUT2D eigenvalue weighted by molar-refractivity contribution is 0.268. The predicted octanol–water partition coefficient (Wildman–Crippen LogP) is 2.21. The number of hydrogen-bond acceptors (Lipinski definition) is 2. The first-order chi connectivity index (χ1) is 9.13. The fourth-order valence-corrected chi connectivity index (χ4v) is 2.41. The Bertz CT molecular complexity index is 257. The van der Waals surface area contributed by atoms with Gasteiger partial charge in [-0.3, -0.25) is 4.99 Å². The van der Waals surface area contributed by atoms with Gasteiger partial charge in [0, 0.05) is 25.7 Å². The summed E-state index contributed by atoms with van der Waals surface area (Å²) in [4.78, 5) is 6.69. The summed E-state index contributed by atoms with van der Waals surface area (Å²) in [5.41, 5.74) is 0. The van der Waals surface area contributed by atoms with Crippen LogP contribution in [0.3, 0.4) is 0 Å². The van der Waals surface area contributed by atoms with Gasteiger partial charge in [0.1, 0.15) is 0 Å². The second-order valence-corrected chi connectivity index (χ2v) is 5.91. The maximum atomic E-state index is 4.30. The third-order valence-electron chi connectivity index (χ3n) is 4.03. The molecule has 1 aliphatic rings. The normalized spacial score (nSPS) is 17.5. The second-order valence-electron chi connectivity index (χ2n) is 5.91. The van der Waals surface area contributed by atoms with Gasteiger partial charge in [-0.15, -0.1) is 0 Å². The zero-order valence-electron chi connectivity index (χ0n) is 13.2. The molecule has 0 aromatic heterocycles. The first-order valence-corrected chi connectivity index (χ1v) is 7.81. The molecule has 112 valence electrons. The molecule has 0 unspecified atom stereocenters.